The van der Waals surface area contributed by atoms with Gasteiger partial charge in [0, 0.05) is 40.6 Å². The summed E-state index contributed by atoms with van der Waals surface area (Å²) in [5.74, 6) is -0.508. The number of aromatic hydroxyl groups is 1. The summed E-state index contributed by atoms with van der Waals surface area (Å²) in [6, 6.07) is 14.4. The number of ketones is 1. The fourth-order valence-corrected chi connectivity index (χ4v) is 4.64. The van der Waals surface area contributed by atoms with Crippen molar-refractivity contribution in [3.8, 4) is 5.75 Å². The third-order valence-electron chi connectivity index (χ3n) is 6.10. The van der Waals surface area contributed by atoms with E-state index in [0.29, 0.717) is 17.6 Å². The lowest BCUT2D eigenvalue weighted by molar-refractivity contribution is -0.118. The topological polar surface area (TPSA) is 78.4 Å². The normalized spacial score (nSPS) is 20.3. The van der Waals surface area contributed by atoms with Gasteiger partial charge in [0.2, 0.25) is 0 Å². The van der Waals surface area contributed by atoms with Gasteiger partial charge >= 0.3 is 0 Å². The number of dihydropyridines is 1. The molecule has 1 aliphatic heterocycles. The van der Waals surface area contributed by atoms with Crippen LogP contribution in [0.4, 0.5) is 5.69 Å². The van der Waals surface area contributed by atoms with E-state index in [-0.39, 0.29) is 22.9 Å². The lowest BCUT2D eigenvalue weighted by Crippen LogP contribution is -2.39. The SMILES string of the molecule is CC1=C(C(=O)Nc2ccccc2C)[C@H](c2ccc(O)cc2)C2=C(CC(C)(C)CC2=O)N1. The highest BCUT2D eigenvalue weighted by atomic mass is 16.3. The number of para-hydroxylation sites is 1. The van der Waals surface area contributed by atoms with Crippen molar-refractivity contribution in [3.63, 3.8) is 0 Å². The van der Waals surface area contributed by atoms with E-state index in [2.05, 4.69) is 24.5 Å². The molecule has 0 spiro atoms. The molecule has 5 nitrogen and oxygen atoms in total. The average Bonchev–Trinajstić information content (AvgIpc) is 2.68. The van der Waals surface area contributed by atoms with Crippen molar-refractivity contribution in [1.29, 1.82) is 0 Å². The molecule has 2 aromatic carbocycles. The van der Waals surface area contributed by atoms with Crippen LogP contribution in [-0.2, 0) is 9.59 Å². The second kappa shape index (κ2) is 7.73. The minimum Gasteiger partial charge on any atom is -0.508 e. The Morgan fingerprint density at radius 2 is 1.74 bits per heavy atom. The van der Waals surface area contributed by atoms with Crippen molar-refractivity contribution >= 4 is 17.4 Å². The van der Waals surface area contributed by atoms with Crippen molar-refractivity contribution in [2.24, 2.45) is 5.41 Å². The number of nitrogens with one attached hydrogen (secondary N) is 2. The number of phenolic OH excluding ortho intramolecular Hbond substituents is 1. The number of allylic oxidation sites excluding steroid dienone is 3. The van der Waals surface area contributed by atoms with Crippen molar-refractivity contribution in [3.05, 3.63) is 82.2 Å². The number of hydrogen-bond acceptors (Lipinski definition) is 4. The monoisotopic (exact) mass is 416 g/mol. The van der Waals surface area contributed by atoms with Crippen LogP contribution in [0.3, 0.4) is 0 Å². The molecule has 3 N–H and O–H groups in total. The molecule has 0 bridgehead atoms. The first-order chi connectivity index (χ1) is 14.7. The number of phenols is 1. The standard InChI is InChI=1S/C26H28N2O3/c1-15-7-5-6-8-19(15)28-25(31)22-16(2)27-20-13-26(3,4)14-21(30)24(20)23(22)17-9-11-18(29)12-10-17/h5-12,23,27,29H,13-14H2,1-4H3,(H,28,31)/t23-/m0/s1. The Bertz CT molecular complexity index is 1120. The van der Waals surface area contributed by atoms with E-state index < -0.39 is 5.92 Å². The summed E-state index contributed by atoms with van der Waals surface area (Å²) < 4.78 is 0. The minimum absolute atomic E-state index is 0.0607. The molecule has 1 heterocycles. The van der Waals surface area contributed by atoms with Crippen molar-refractivity contribution < 1.29 is 14.7 Å². The number of benzene rings is 2. The quantitative estimate of drug-likeness (QED) is 0.662. The summed E-state index contributed by atoms with van der Waals surface area (Å²) in [5.41, 5.74) is 5.21. The molecule has 2 aliphatic rings. The van der Waals surface area contributed by atoms with Gasteiger partial charge in [0.05, 0.1) is 0 Å². The average molecular weight is 417 g/mol. The van der Waals surface area contributed by atoms with Gasteiger partial charge in [-0.05, 0) is 55.0 Å². The highest BCUT2D eigenvalue weighted by molar-refractivity contribution is 6.10. The molecule has 2 aromatic rings. The largest absolute Gasteiger partial charge is 0.508 e. The van der Waals surface area contributed by atoms with Crippen LogP contribution in [0.15, 0.2) is 71.1 Å². The molecular formula is C26H28N2O3. The van der Waals surface area contributed by atoms with Gasteiger partial charge in [0.15, 0.2) is 5.78 Å². The van der Waals surface area contributed by atoms with Crippen molar-refractivity contribution in [2.45, 2.75) is 46.5 Å². The first-order valence-electron chi connectivity index (χ1n) is 10.6. The number of hydrogen-bond donors (Lipinski definition) is 3. The highest BCUT2D eigenvalue weighted by Gasteiger charge is 2.42. The third-order valence-corrected chi connectivity index (χ3v) is 6.10. The fourth-order valence-electron chi connectivity index (χ4n) is 4.64. The Hall–Kier alpha value is -3.34. The first-order valence-corrected chi connectivity index (χ1v) is 10.6. The van der Waals surface area contributed by atoms with E-state index in [1.54, 1.807) is 24.3 Å². The Balaban J connectivity index is 1.81. The van der Waals surface area contributed by atoms with Gasteiger partial charge in [-0.25, -0.2) is 0 Å². The third kappa shape index (κ3) is 4.00. The van der Waals surface area contributed by atoms with E-state index in [1.165, 1.54) is 0 Å². The van der Waals surface area contributed by atoms with Gasteiger partial charge in [0.1, 0.15) is 5.75 Å². The summed E-state index contributed by atoms with van der Waals surface area (Å²) >= 11 is 0. The molecule has 0 radical (unpaired) electrons. The highest BCUT2D eigenvalue weighted by Crippen LogP contribution is 2.46. The van der Waals surface area contributed by atoms with Crippen LogP contribution >= 0.6 is 0 Å². The van der Waals surface area contributed by atoms with Crippen molar-refractivity contribution in [1.82, 2.24) is 5.32 Å². The lowest BCUT2D eigenvalue weighted by atomic mass is 9.68. The number of rotatable bonds is 3. The van der Waals surface area contributed by atoms with Crippen LogP contribution in [0.5, 0.6) is 5.75 Å². The van der Waals surface area contributed by atoms with Crippen LogP contribution in [0.1, 0.15) is 50.7 Å². The van der Waals surface area contributed by atoms with Gasteiger partial charge < -0.3 is 15.7 Å². The zero-order chi connectivity index (χ0) is 22.3. The fraction of sp³-hybridized carbons (Fsp3) is 0.308. The maximum absolute atomic E-state index is 13.5. The van der Waals surface area contributed by atoms with Crippen LogP contribution in [0.2, 0.25) is 0 Å². The predicted molar refractivity (Wildman–Crippen MR) is 122 cm³/mol. The van der Waals surface area contributed by atoms with Crippen LogP contribution < -0.4 is 10.6 Å². The summed E-state index contributed by atoms with van der Waals surface area (Å²) in [7, 11) is 0. The molecule has 0 saturated carbocycles. The van der Waals surface area contributed by atoms with Gasteiger partial charge in [-0.2, -0.15) is 0 Å². The summed E-state index contributed by atoms with van der Waals surface area (Å²) in [6.45, 7) is 8.01. The van der Waals surface area contributed by atoms with Gasteiger partial charge in [0.25, 0.3) is 5.91 Å². The molecule has 5 heteroatoms. The maximum atomic E-state index is 13.5. The first kappa shape index (κ1) is 20.9. The zero-order valence-corrected chi connectivity index (χ0v) is 18.4. The van der Waals surface area contributed by atoms with E-state index in [1.807, 2.05) is 38.1 Å². The van der Waals surface area contributed by atoms with Gasteiger partial charge in [-0.1, -0.05) is 44.2 Å². The smallest absolute Gasteiger partial charge is 0.254 e. The summed E-state index contributed by atoms with van der Waals surface area (Å²) in [4.78, 5) is 26.8. The molecule has 1 aliphatic carbocycles. The number of carbonyl (C=O) groups is 2. The molecule has 0 saturated heterocycles. The molecule has 31 heavy (non-hydrogen) atoms. The van der Waals surface area contributed by atoms with Crippen molar-refractivity contribution in [2.75, 3.05) is 5.32 Å². The van der Waals surface area contributed by atoms with Crippen LogP contribution in [-0.4, -0.2) is 16.8 Å². The Kier molecular flexibility index (Phi) is 5.21. The van der Waals surface area contributed by atoms with Crippen LogP contribution in [0, 0.1) is 12.3 Å². The van der Waals surface area contributed by atoms with E-state index in [0.717, 1.165) is 34.6 Å². The molecule has 0 aromatic heterocycles. The summed E-state index contributed by atoms with van der Waals surface area (Å²) in [6.07, 6.45) is 1.18. The number of aryl methyl sites for hydroxylation is 1. The molecule has 0 fully saturated rings. The molecule has 1 atom stereocenters. The van der Waals surface area contributed by atoms with Gasteiger partial charge in [-0.3, -0.25) is 9.59 Å². The van der Waals surface area contributed by atoms with E-state index >= 15 is 0 Å². The molecular weight excluding hydrogens is 388 g/mol. The second-order valence-corrected chi connectivity index (χ2v) is 9.29. The van der Waals surface area contributed by atoms with Crippen LogP contribution in [0.25, 0.3) is 0 Å². The number of Topliss-reactive ketones (excluding diaryl/α,β-unsaturated/α-hetero) is 1. The second-order valence-electron chi connectivity index (χ2n) is 9.29. The molecule has 0 unspecified atom stereocenters. The predicted octanol–water partition coefficient (Wildman–Crippen LogP) is 4.94. The summed E-state index contributed by atoms with van der Waals surface area (Å²) in [5, 5.41) is 16.2. The Morgan fingerprint density at radius 1 is 1.06 bits per heavy atom. The lowest BCUT2D eigenvalue weighted by Gasteiger charge is -2.39. The van der Waals surface area contributed by atoms with E-state index in [4.69, 9.17) is 0 Å². The minimum atomic E-state index is -0.482. The molecule has 4 rings (SSSR count). The van der Waals surface area contributed by atoms with Gasteiger partial charge in [-0.15, -0.1) is 0 Å². The Labute approximate surface area is 182 Å². The maximum Gasteiger partial charge on any atom is 0.254 e. The molecule has 160 valence electrons. The number of carbonyl (C=O) groups excluding carboxylic acids is 2. The Morgan fingerprint density at radius 3 is 2.42 bits per heavy atom. The molecule has 1 amide bonds. The number of anilines is 1. The van der Waals surface area contributed by atoms with E-state index in [9.17, 15) is 14.7 Å². The zero-order valence-electron chi connectivity index (χ0n) is 18.4. The number of amides is 1.